The van der Waals surface area contributed by atoms with Crippen molar-refractivity contribution in [1.82, 2.24) is 9.13 Å². The second-order valence-electron chi connectivity index (χ2n) is 20.7. The lowest BCUT2D eigenvalue weighted by atomic mass is 9.88. The molecule has 0 aliphatic carbocycles. The molecule has 5 aromatic heterocycles. The standard InChI is InChI=1S/C74H40N4OS2/c1-76-68-64(44-21-7-3-8-22-44)57(42-75)69(78-70-52(37-39-54-51-26-13-16-33-62(51)80-73(54)70)53-38-40-56-67-47(43-19-5-2-6-20-43)29-18-34-63(67)81-74(56)71(53)78)65(45-23-9-4-10-24-45)72(68)77-58-30-14-11-25-49(58)50-36-35-46(41-59(50)77)48-28-17-32-61-66(48)55-27-12-15-31-60(55)79-61/h2-41H. The van der Waals surface area contributed by atoms with Gasteiger partial charge in [0, 0.05) is 74.4 Å². The van der Waals surface area contributed by atoms with E-state index in [4.69, 9.17) is 4.42 Å². The molecular formula is C74H40N4OS2. The Labute approximate surface area is 471 Å². The molecule has 374 valence electrons. The average molecular weight is 1070 g/mol. The van der Waals surface area contributed by atoms with E-state index in [9.17, 15) is 11.8 Å². The summed E-state index contributed by atoms with van der Waals surface area (Å²) in [6.45, 7) is 9.58. The van der Waals surface area contributed by atoms with Crippen LogP contribution >= 0.6 is 22.7 Å². The number of nitrogens with zero attached hydrogens (tertiary/aromatic N) is 4. The lowest BCUT2D eigenvalue weighted by Crippen LogP contribution is -2.09. The van der Waals surface area contributed by atoms with Crippen LogP contribution in [0.5, 0.6) is 0 Å². The highest BCUT2D eigenvalue weighted by molar-refractivity contribution is 7.27. The molecule has 0 N–H and O–H groups in total. The fraction of sp³-hybridized carbons (Fsp3) is 0. The summed E-state index contributed by atoms with van der Waals surface area (Å²) >= 11 is 3.60. The molecule has 5 heterocycles. The van der Waals surface area contributed by atoms with Gasteiger partial charge >= 0.3 is 0 Å². The number of nitriles is 1. The number of aromatic nitrogens is 2. The maximum atomic E-state index is 12.4. The van der Waals surface area contributed by atoms with E-state index < -0.39 is 0 Å². The molecule has 17 aromatic rings. The zero-order valence-corrected chi connectivity index (χ0v) is 44.7. The third kappa shape index (κ3) is 6.45. The number of benzene rings is 12. The van der Waals surface area contributed by atoms with Crippen LogP contribution in [0.4, 0.5) is 5.69 Å². The van der Waals surface area contributed by atoms with Crippen LogP contribution in [0.2, 0.25) is 0 Å². The number of thiophene rings is 2. The van der Waals surface area contributed by atoms with Crippen molar-refractivity contribution >= 4 is 134 Å². The molecule has 0 bridgehead atoms. The minimum atomic E-state index is 0.392. The van der Waals surface area contributed by atoms with E-state index in [1.54, 1.807) is 22.7 Å². The smallest absolute Gasteiger partial charge is 0.220 e. The predicted octanol–water partition coefficient (Wildman–Crippen LogP) is 21.6. The number of hydrogen-bond donors (Lipinski definition) is 0. The maximum absolute atomic E-state index is 12.4. The van der Waals surface area contributed by atoms with Gasteiger partial charge in [-0.1, -0.05) is 206 Å². The third-order valence-electron chi connectivity index (χ3n) is 16.6. The highest BCUT2D eigenvalue weighted by Crippen LogP contribution is 2.55. The lowest BCUT2D eigenvalue weighted by Gasteiger charge is -2.26. The van der Waals surface area contributed by atoms with E-state index in [1.807, 2.05) is 54.6 Å². The van der Waals surface area contributed by atoms with E-state index in [-0.39, 0.29) is 0 Å². The van der Waals surface area contributed by atoms with Crippen LogP contribution in [-0.4, -0.2) is 9.13 Å². The van der Waals surface area contributed by atoms with Gasteiger partial charge in [0.05, 0.1) is 55.0 Å². The van der Waals surface area contributed by atoms with Crippen LogP contribution in [0.25, 0.3) is 167 Å². The molecule has 0 amide bonds. The number of fused-ring (bicyclic) bond motifs is 17. The molecule has 0 fully saturated rings. The highest BCUT2D eigenvalue weighted by atomic mass is 32.1. The van der Waals surface area contributed by atoms with Crippen LogP contribution in [0, 0.1) is 17.9 Å². The molecule has 0 saturated heterocycles. The Bertz CT molecular complexity index is 5610. The maximum Gasteiger partial charge on any atom is 0.220 e. The van der Waals surface area contributed by atoms with Gasteiger partial charge < -0.3 is 13.6 Å². The number of hydrogen-bond acceptors (Lipinski definition) is 4. The zero-order chi connectivity index (χ0) is 53.4. The van der Waals surface area contributed by atoms with Crippen molar-refractivity contribution in [1.29, 1.82) is 5.26 Å². The second kappa shape index (κ2) is 17.5. The molecule has 0 spiro atoms. The normalized spacial score (nSPS) is 11.9. The molecule has 5 nitrogen and oxygen atoms in total. The van der Waals surface area contributed by atoms with Gasteiger partial charge in [0.15, 0.2) is 0 Å². The van der Waals surface area contributed by atoms with E-state index in [1.165, 1.54) is 25.7 Å². The van der Waals surface area contributed by atoms with Crippen LogP contribution in [0.1, 0.15) is 5.56 Å². The Hall–Kier alpha value is -10.5. The molecule has 0 radical (unpaired) electrons. The molecule has 12 aromatic carbocycles. The number of para-hydroxylation sites is 2. The van der Waals surface area contributed by atoms with Crippen LogP contribution < -0.4 is 0 Å². The first-order chi connectivity index (χ1) is 40.1. The summed E-state index contributed by atoms with van der Waals surface area (Å²) in [7, 11) is 0. The van der Waals surface area contributed by atoms with Gasteiger partial charge in [-0.05, 0) is 69.8 Å². The van der Waals surface area contributed by atoms with Gasteiger partial charge in [0.1, 0.15) is 17.2 Å². The van der Waals surface area contributed by atoms with Gasteiger partial charge in [-0.25, -0.2) is 4.85 Å². The van der Waals surface area contributed by atoms with E-state index in [0.29, 0.717) is 22.5 Å². The van der Waals surface area contributed by atoms with Gasteiger partial charge in [-0.3, -0.25) is 0 Å². The molecule has 0 aliphatic rings. The van der Waals surface area contributed by atoms with Gasteiger partial charge in [0.2, 0.25) is 5.69 Å². The summed E-state index contributed by atoms with van der Waals surface area (Å²) in [4.78, 5) is 4.66. The fourth-order valence-electron chi connectivity index (χ4n) is 13.3. The summed E-state index contributed by atoms with van der Waals surface area (Å²) in [6, 6.07) is 88.5. The summed E-state index contributed by atoms with van der Waals surface area (Å²) in [6.07, 6.45) is 0. The van der Waals surface area contributed by atoms with Crippen LogP contribution in [0.3, 0.4) is 0 Å². The van der Waals surface area contributed by atoms with E-state index in [2.05, 4.69) is 208 Å². The molecule has 7 heteroatoms. The Kier molecular flexibility index (Phi) is 9.82. The molecule has 81 heavy (non-hydrogen) atoms. The predicted molar refractivity (Wildman–Crippen MR) is 341 cm³/mol. The Morgan fingerprint density at radius 1 is 0.395 bits per heavy atom. The second-order valence-corrected chi connectivity index (χ2v) is 22.8. The topological polar surface area (TPSA) is 51.1 Å². The number of rotatable bonds is 6. The van der Waals surface area contributed by atoms with E-state index >= 15 is 0 Å². The van der Waals surface area contributed by atoms with Crippen molar-refractivity contribution in [2.75, 3.05) is 0 Å². The average Bonchev–Trinajstić information content (AvgIpc) is 2.75. The lowest BCUT2D eigenvalue weighted by molar-refractivity contribution is 0.669. The van der Waals surface area contributed by atoms with Crippen molar-refractivity contribution < 1.29 is 4.42 Å². The molecule has 0 atom stereocenters. The van der Waals surface area contributed by atoms with Crippen LogP contribution in [0.15, 0.2) is 247 Å². The molecule has 0 saturated carbocycles. The SMILES string of the molecule is [C-]#[N+]c1c(-c2ccccc2)c(C#N)c(-n2c3c(ccc4c5ccccc5sc43)c3ccc4c(sc5cccc(-c6ccccc6)c54)c32)c(-c2ccccc2)c1-n1c2ccccc2c2ccc(-c3cccc4oc5ccccc5c34)cc21. The van der Waals surface area contributed by atoms with Crippen molar-refractivity contribution in [3.8, 4) is 62.0 Å². The zero-order valence-electron chi connectivity index (χ0n) is 43.1. The monoisotopic (exact) mass is 1060 g/mol. The molecule has 0 aliphatic heterocycles. The minimum absolute atomic E-state index is 0.392. The summed E-state index contributed by atoms with van der Waals surface area (Å²) < 4.78 is 15.9. The van der Waals surface area contributed by atoms with Gasteiger partial charge in [0.25, 0.3) is 0 Å². The molecular weight excluding hydrogens is 1020 g/mol. The molecule has 17 rings (SSSR count). The van der Waals surface area contributed by atoms with Crippen LogP contribution in [-0.2, 0) is 0 Å². The molecule has 0 unspecified atom stereocenters. The van der Waals surface area contributed by atoms with Crippen molar-refractivity contribution in [2.24, 2.45) is 0 Å². The Morgan fingerprint density at radius 2 is 0.938 bits per heavy atom. The third-order valence-corrected chi connectivity index (χ3v) is 19.0. The van der Waals surface area contributed by atoms with Crippen molar-refractivity contribution in [2.45, 2.75) is 0 Å². The highest BCUT2D eigenvalue weighted by Gasteiger charge is 2.33. The first kappa shape index (κ1) is 45.5. The summed E-state index contributed by atoms with van der Waals surface area (Å²) in [5.74, 6) is 0. The Balaban J connectivity index is 1.11. The first-order valence-corrected chi connectivity index (χ1v) is 28.6. The van der Waals surface area contributed by atoms with Crippen molar-refractivity contribution in [3.63, 3.8) is 0 Å². The van der Waals surface area contributed by atoms with Gasteiger partial charge in [-0.2, -0.15) is 5.26 Å². The summed E-state index contributed by atoms with van der Waals surface area (Å²) in [5.41, 5.74) is 15.3. The minimum Gasteiger partial charge on any atom is -0.456 e. The largest absolute Gasteiger partial charge is 0.456 e. The quantitative estimate of drug-likeness (QED) is 0.156. The summed E-state index contributed by atoms with van der Waals surface area (Å²) in [5, 5.41) is 23.5. The van der Waals surface area contributed by atoms with Gasteiger partial charge in [-0.15, -0.1) is 22.7 Å². The first-order valence-electron chi connectivity index (χ1n) is 27.0. The number of furan rings is 1. The van der Waals surface area contributed by atoms with E-state index in [0.717, 1.165) is 125 Å². The Morgan fingerprint density at radius 3 is 1.68 bits per heavy atom. The fourth-order valence-corrected chi connectivity index (χ4v) is 15.8. The van der Waals surface area contributed by atoms with Crippen molar-refractivity contribution in [3.05, 3.63) is 260 Å².